The van der Waals surface area contributed by atoms with Crippen molar-refractivity contribution in [2.45, 2.75) is 12.5 Å². The van der Waals surface area contributed by atoms with Crippen molar-refractivity contribution in [2.24, 2.45) is 5.84 Å². The maximum absolute atomic E-state index is 13.7. The predicted molar refractivity (Wildman–Crippen MR) is 79.8 cm³/mol. The van der Waals surface area contributed by atoms with Gasteiger partial charge in [0.15, 0.2) is 0 Å². The Balaban J connectivity index is 2.28. The summed E-state index contributed by atoms with van der Waals surface area (Å²) in [5.74, 6) is 4.32. The van der Waals surface area contributed by atoms with E-state index in [0.717, 1.165) is 15.0 Å². The molecule has 0 aliphatic rings. The van der Waals surface area contributed by atoms with Crippen molar-refractivity contribution in [3.05, 3.63) is 62.3 Å². The number of hydrazine groups is 1. The summed E-state index contributed by atoms with van der Waals surface area (Å²) >= 11 is 6.70. The van der Waals surface area contributed by atoms with Crippen molar-refractivity contribution in [1.29, 1.82) is 0 Å². The molecule has 0 fully saturated rings. The zero-order valence-corrected chi connectivity index (χ0v) is 13.4. The van der Waals surface area contributed by atoms with Crippen LogP contribution < -0.4 is 11.3 Å². The van der Waals surface area contributed by atoms with E-state index in [9.17, 15) is 8.78 Å². The average molecular weight is 407 g/mol. The molecule has 1 aromatic heterocycles. The Labute approximate surface area is 131 Å². The first kappa shape index (κ1) is 15.5. The van der Waals surface area contributed by atoms with Crippen LogP contribution in [0.4, 0.5) is 8.78 Å². The number of hydrogen-bond donors (Lipinski definition) is 2. The molecule has 0 saturated heterocycles. The van der Waals surface area contributed by atoms with Gasteiger partial charge in [0.2, 0.25) is 0 Å². The molecule has 1 atom stereocenters. The van der Waals surface area contributed by atoms with Crippen LogP contribution in [-0.2, 0) is 6.42 Å². The fourth-order valence-electron chi connectivity index (χ4n) is 1.82. The molecule has 20 heavy (non-hydrogen) atoms. The van der Waals surface area contributed by atoms with Crippen LogP contribution >= 0.6 is 31.9 Å². The monoisotopic (exact) mass is 405 g/mol. The molecule has 0 aliphatic heterocycles. The summed E-state index contributed by atoms with van der Waals surface area (Å²) in [7, 11) is 0. The van der Waals surface area contributed by atoms with Crippen LogP contribution in [0.5, 0.6) is 0 Å². The first-order valence-corrected chi connectivity index (χ1v) is 7.31. The summed E-state index contributed by atoms with van der Waals surface area (Å²) < 4.78 is 28.1. The third kappa shape index (κ3) is 3.60. The number of halogens is 4. The maximum Gasteiger partial charge on any atom is 0.129 e. The van der Waals surface area contributed by atoms with Crippen molar-refractivity contribution in [1.82, 2.24) is 10.4 Å². The molecule has 0 bridgehead atoms. The molecule has 3 N–H and O–H groups in total. The number of nitrogens with one attached hydrogen (secondary N) is 1. The summed E-state index contributed by atoms with van der Waals surface area (Å²) in [4.78, 5) is 4.26. The van der Waals surface area contributed by atoms with Gasteiger partial charge in [-0.1, -0.05) is 6.07 Å². The number of pyridine rings is 1. The molecule has 3 nitrogen and oxygen atoms in total. The van der Waals surface area contributed by atoms with Gasteiger partial charge in [-0.15, -0.1) is 0 Å². The third-order valence-electron chi connectivity index (χ3n) is 2.81. The number of aromatic nitrogens is 1. The van der Waals surface area contributed by atoms with E-state index in [1.165, 1.54) is 12.1 Å². The van der Waals surface area contributed by atoms with Gasteiger partial charge < -0.3 is 0 Å². The quantitative estimate of drug-likeness (QED) is 0.602. The van der Waals surface area contributed by atoms with E-state index in [-0.39, 0.29) is 6.42 Å². The fourth-order valence-corrected chi connectivity index (χ4v) is 3.09. The Morgan fingerprint density at radius 3 is 2.60 bits per heavy atom. The van der Waals surface area contributed by atoms with E-state index < -0.39 is 17.7 Å². The molecule has 1 heterocycles. The smallest absolute Gasteiger partial charge is 0.129 e. The molecular weight excluding hydrogens is 396 g/mol. The average Bonchev–Trinajstić information content (AvgIpc) is 2.39. The lowest BCUT2D eigenvalue weighted by Crippen LogP contribution is -2.30. The Bertz CT molecular complexity index is 623. The SMILES string of the molecule is NNC(Cc1ccc(F)cc1F)c1ncc(Br)cc1Br. The first-order valence-electron chi connectivity index (χ1n) is 5.72. The highest BCUT2D eigenvalue weighted by Crippen LogP contribution is 2.27. The van der Waals surface area contributed by atoms with E-state index in [1.54, 1.807) is 6.20 Å². The molecule has 106 valence electrons. The van der Waals surface area contributed by atoms with Crippen LogP contribution in [0, 0.1) is 11.6 Å². The molecule has 0 aliphatic carbocycles. The van der Waals surface area contributed by atoms with Gasteiger partial charge in [0.25, 0.3) is 0 Å². The second-order valence-electron chi connectivity index (χ2n) is 4.18. The Morgan fingerprint density at radius 1 is 1.25 bits per heavy atom. The number of hydrogen-bond acceptors (Lipinski definition) is 3. The van der Waals surface area contributed by atoms with Gasteiger partial charge in [-0.2, -0.15) is 0 Å². The summed E-state index contributed by atoms with van der Waals surface area (Å²) in [6.45, 7) is 0. The highest BCUT2D eigenvalue weighted by molar-refractivity contribution is 9.11. The van der Waals surface area contributed by atoms with Gasteiger partial charge in [-0.25, -0.2) is 8.78 Å². The topological polar surface area (TPSA) is 50.9 Å². The van der Waals surface area contributed by atoms with E-state index >= 15 is 0 Å². The molecule has 1 unspecified atom stereocenters. The molecular formula is C13H11Br2F2N3. The minimum absolute atomic E-state index is 0.260. The normalized spacial score (nSPS) is 12.4. The predicted octanol–water partition coefficient (Wildman–Crippen LogP) is 3.63. The lowest BCUT2D eigenvalue weighted by atomic mass is 10.0. The van der Waals surface area contributed by atoms with Crippen molar-refractivity contribution in [3.63, 3.8) is 0 Å². The summed E-state index contributed by atoms with van der Waals surface area (Å²) in [6.07, 6.45) is 1.89. The van der Waals surface area contributed by atoms with Crippen molar-refractivity contribution < 1.29 is 8.78 Å². The van der Waals surface area contributed by atoms with Gasteiger partial charge in [0.05, 0.1) is 11.7 Å². The van der Waals surface area contributed by atoms with Crippen LogP contribution in [0.15, 0.2) is 39.4 Å². The molecule has 0 amide bonds. The Kier molecular flexibility index (Phi) is 5.20. The van der Waals surface area contributed by atoms with Crippen molar-refractivity contribution >= 4 is 31.9 Å². The highest BCUT2D eigenvalue weighted by atomic mass is 79.9. The van der Waals surface area contributed by atoms with Gasteiger partial charge in [-0.3, -0.25) is 16.3 Å². The second-order valence-corrected chi connectivity index (χ2v) is 5.95. The Hall–Kier alpha value is -0.890. The number of nitrogens with two attached hydrogens (primary N) is 1. The fraction of sp³-hybridized carbons (Fsp3) is 0.154. The summed E-state index contributed by atoms with van der Waals surface area (Å²) in [5.41, 5.74) is 3.62. The number of nitrogens with zero attached hydrogens (tertiary/aromatic N) is 1. The first-order chi connectivity index (χ1) is 9.51. The largest absolute Gasteiger partial charge is 0.271 e. The molecule has 0 spiro atoms. The Morgan fingerprint density at radius 2 is 2.00 bits per heavy atom. The van der Waals surface area contributed by atoms with Gasteiger partial charge in [0.1, 0.15) is 11.6 Å². The van der Waals surface area contributed by atoms with E-state index in [4.69, 9.17) is 5.84 Å². The standard InChI is InChI=1S/C13H11Br2F2N3/c14-8-4-10(15)13(19-6-8)12(20-18)3-7-1-2-9(16)5-11(7)17/h1-2,4-6,12,20H,3,18H2. The zero-order chi connectivity index (χ0) is 14.7. The van der Waals surface area contributed by atoms with Crippen LogP contribution in [0.2, 0.25) is 0 Å². The molecule has 1 aromatic carbocycles. The van der Waals surface area contributed by atoms with Crippen molar-refractivity contribution in [3.8, 4) is 0 Å². The van der Waals surface area contributed by atoms with Gasteiger partial charge >= 0.3 is 0 Å². The highest BCUT2D eigenvalue weighted by Gasteiger charge is 2.17. The van der Waals surface area contributed by atoms with Crippen LogP contribution in [0.1, 0.15) is 17.3 Å². The zero-order valence-electron chi connectivity index (χ0n) is 10.2. The van der Waals surface area contributed by atoms with E-state index in [1.807, 2.05) is 6.07 Å². The lowest BCUT2D eigenvalue weighted by molar-refractivity contribution is 0.511. The van der Waals surface area contributed by atoms with Crippen molar-refractivity contribution in [2.75, 3.05) is 0 Å². The number of rotatable bonds is 4. The lowest BCUT2D eigenvalue weighted by Gasteiger charge is -2.17. The van der Waals surface area contributed by atoms with Crippen LogP contribution in [0.25, 0.3) is 0 Å². The maximum atomic E-state index is 13.7. The minimum atomic E-state index is -0.605. The molecule has 7 heteroatoms. The van der Waals surface area contributed by atoms with Crippen LogP contribution in [-0.4, -0.2) is 4.98 Å². The molecule has 2 rings (SSSR count). The molecule has 0 radical (unpaired) electrons. The van der Waals surface area contributed by atoms with Gasteiger partial charge in [0, 0.05) is 21.2 Å². The van der Waals surface area contributed by atoms with Crippen LogP contribution in [0.3, 0.4) is 0 Å². The summed E-state index contributed by atoms with van der Waals surface area (Å²) in [5, 5.41) is 0. The summed E-state index contributed by atoms with van der Waals surface area (Å²) in [6, 6.07) is 4.91. The number of benzene rings is 1. The molecule has 2 aromatic rings. The minimum Gasteiger partial charge on any atom is -0.271 e. The van der Waals surface area contributed by atoms with E-state index in [0.29, 0.717) is 11.3 Å². The van der Waals surface area contributed by atoms with E-state index in [2.05, 4.69) is 42.3 Å². The molecule has 0 saturated carbocycles. The second kappa shape index (κ2) is 6.71. The third-order valence-corrected chi connectivity index (χ3v) is 3.88. The van der Waals surface area contributed by atoms with Gasteiger partial charge in [-0.05, 0) is 56.0 Å².